The van der Waals surface area contributed by atoms with Crippen LogP contribution >= 0.6 is 0 Å². The van der Waals surface area contributed by atoms with Crippen LogP contribution in [0.1, 0.15) is 31.7 Å². The first-order chi connectivity index (χ1) is 11.6. The van der Waals surface area contributed by atoms with Crippen molar-refractivity contribution in [1.82, 2.24) is 9.80 Å². The van der Waals surface area contributed by atoms with E-state index >= 15 is 0 Å². The molecule has 0 radical (unpaired) electrons. The highest BCUT2D eigenvalue weighted by Crippen LogP contribution is 2.18. The van der Waals surface area contributed by atoms with Crippen molar-refractivity contribution in [3.63, 3.8) is 0 Å². The highest BCUT2D eigenvalue weighted by atomic mass is 16.6. The first-order valence-corrected chi connectivity index (χ1v) is 8.51. The van der Waals surface area contributed by atoms with E-state index in [0.29, 0.717) is 6.54 Å². The molecule has 0 aliphatic carbocycles. The van der Waals surface area contributed by atoms with Crippen molar-refractivity contribution in [2.75, 3.05) is 26.2 Å². The molecule has 0 saturated carbocycles. The number of rotatable bonds is 8. The lowest BCUT2D eigenvalue weighted by Gasteiger charge is -2.29. The Morgan fingerprint density at radius 3 is 2.75 bits per heavy atom. The van der Waals surface area contributed by atoms with E-state index in [-0.39, 0.29) is 25.6 Å². The Balaban J connectivity index is 1.93. The summed E-state index contributed by atoms with van der Waals surface area (Å²) in [5.74, 6) is -0.908. The number of hydrogen-bond acceptors (Lipinski definition) is 4. The topological polar surface area (TPSA) is 70.1 Å². The lowest BCUT2D eigenvalue weighted by atomic mass is 10.2. The standard InChI is InChI=1S/C18H26N2O4/c1-2-19-11-6-9-16(19)13-20(12-10-17(21)22)18(23)24-14-15-7-4-3-5-8-15/h3-5,7-8,16H,2,6,9-14H2,1H3,(H,21,22). The van der Waals surface area contributed by atoms with Crippen LogP contribution in [0.25, 0.3) is 0 Å². The minimum atomic E-state index is -0.908. The molecule has 1 aliphatic heterocycles. The third kappa shape index (κ3) is 5.53. The summed E-state index contributed by atoms with van der Waals surface area (Å²) in [7, 11) is 0. The maximum absolute atomic E-state index is 12.4. The van der Waals surface area contributed by atoms with Gasteiger partial charge in [0.15, 0.2) is 0 Å². The summed E-state index contributed by atoms with van der Waals surface area (Å²) in [5.41, 5.74) is 0.917. The molecule has 2 rings (SSSR count). The molecule has 1 fully saturated rings. The number of aliphatic carboxylic acids is 1. The quantitative estimate of drug-likeness (QED) is 0.791. The molecule has 1 saturated heterocycles. The fraction of sp³-hybridized carbons (Fsp3) is 0.556. The van der Waals surface area contributed by atoms with E-state index in [9.17, 15) is 9.59 Å². The number of amides is 1. The Morgan fingerprint density at radius 1 is 1.33 bits per heavy atom. The average molecular weight is 334 g/mol. The van der Waals surface area contributed by atoms with E-state index in [1.807, 2.05) is 30.3 Å². The van der Waals surface area contributed by atoms with Crippen molar-refractivity contribution in [3.8, 4) is 0 Å². The number of benzene rings is 1. The van der Waals surface area contributed by atoms with Gasteiger partial charge in [0.05, 0.1) is 6.42 Å². The van der Waals surface area contributed by atoms with Gasteiger partial charge in [-0.25, -0.2) is 4.79 Å². The van der Waals surface area contributed by atoms with E-state index in [1.54, 1.807) is 0 Å². The van der Waals surface area contributed by atoms with Gasteiger partial charge in [0.1, 0.15) is 6.61 Å². The van der Waals surface area contributed by atoms with Crippen molar-refractivity contribution >= 4 is 12.1 Å². The van der Waals surface area contributed by atoms with Gasteiger partial charge in [0.2, 0.25) is 0 Å². The van der Waals surface area contributed by atoms with Crippen LogP contribution in [0.2, 0.25) is 0 Å². The minimum absolute atomic E-state index is 0.0702. The molecule has 1 aliphatic rings. The number of carbonyl (C=O) groups excluding carboxylic acids is 1. The molecule has 0 aromatic heterocycles. The van der Waals surface area contributed by atoms with E-state index in [0.717, 1.165) is 31.5 Å². The number of likely N-dealkylation sites (tertiary alicyclic amines) is 1. The number of carbonyl (C=O) groups is 2. The predicted octanol–water partition coefficient (Wildman–Crippen LogP) is 2.58. The van der Waals surface area contributed by atoms with Gasteiger partial charge in [-0.1, -0.05) is 37.3 Å². The fourth-order valence-corrected chi connectivity index (χ4v) is 3.07. The van der Waals surface area contributed by atoms with Crippen molar-refractivity contribution in [3.05, 3.63) is 35.9 Å². The van der Waals surface area contributed by atoms with Gasteiger partial charge in [-0.3, -0.25) is 9.69 Å². The Morgan fingerprint density at radius 2 is 2.08 bits per heavy atom. The Kier molecular flexibility index (Phi) is 7.06. The van der Waals surface area contributed by atoms with Gasteiger partial charge in [-0.15, -0.1) is 0 Å². The molecule has 6 nitrogen and oxygen atoms in total. The minimum Gasteiger partial charge on any atom is -0.481 e. The fourth-order valence-electron chi connectivity index (χ4n) is 3.07. The van der Waals surface area contributed by atoms with E-state index in [2.05, 4.69) is 11.8 Å². The van der Waals surface area contributed by atoms with Crippen molar-refractivity contribution in [2.24, 2.45) is 0 Å². The second kappa shape index (κ2) is 9.27. The van der Waals surface area contributed by atoms with Crippen molar-refractivity contribution < 1.29 is 19.4 Å². The molecule has 24 heavy (non-hydrogen) atoms. The second-order valence-corrected chi connectivity index (χ2v) is 6.05. The molecule has 1 unspecified atom stereocenters. The van der Waals surface area contributed by atoms with Crippen LogP contribution < -0.4 is 0 Å². The molecule has 1 atom stereocenters. The van der Waals surface area contributed by atoms with Crippen LogP contribution in [-0.4, -0.2) is 59.2 Å². The number of hydrogen-bond donors (Lipinski definition) is 1. The molecule has 1 amide bonds. The zero-order valence-electron chi connectivity index (χ0n) is 14.2. The number of likely N-dealkylation sites (N-methyl/N-ethyl adjacent to an activating group) is 1. The highest BCUT2D eigenvalue weighted by molar-refractivity contribution is 5.70. The number of carboxylic acid groups (broad SMARTS) is 1. The largest absolute Gasteiger partial charge is 0.481 e. The Labute approximate surface area is 143 Å². The zero-order valence-corrected chi connectivity index (χ0v) is 14.2. The average Bonchev–Trinajstić information content (AvgIpc) is 3.04. The van der Waals surface area contributed by atoms with Gasteiger partial charge in [0.25, 0.3) is 0 Å². The summed E-state index contributed by atoms with van der Waals surface area (Å²) in [4.78, 5) is 27.1. The summed E-state index contributed by atoms with van der Waals surface area (Å²) in [6.45, 7) is 4.98. The molecule has 1 N–H and O–H groups in total. The summed E-state index contributed by atoms with van der Waals surface area (Å²) in [6.07, 6.45) is 1.63. The summed E-state index contributed by atoms with van der Waals surface area (Å²) >= 11 is 0. The van der Waals surface area contributed by atoms with E-state index in [4.69, 9.17) is 9.84 Å². The molecular formula is C18H26N2O4. The SMILES string of the molecule is CCN1CCCC1CN(CCC(=O)O)C(=O)OCc1ccccc1. The third-order valence-electron chi connectivity index (χ3n) is 4.40. The van der Waals surface area contributed by atoms with Crippen LogP contribution in [0.5, 0.6) is 0 Å². The summed E-state index contributed by atoms with van der Waals surface area (Å²) in [6, 6.07) is 9.76. The number of nitrogens with zero attached hydrogens (tertiary/aromatic N) is 2. The summed E-state index contributed by atoms with van der Waals surface area (Å²) in [5, 5.41) is 8.92. The Bertz CT molecular complexity index is 535. The predicted molar refractivity (Wildman–Crippen MR) is 90.7 cm³/mol. The van der Waals surface area contributed by atoms with Crippen LogP contribution in [0.15, 0.2) is 30.3 Å². The number of ether oxygens (including phenoxy) is 1. The monoisotopic (exact) mass is 334 g/mol. The van der Waals surface area contributed by atoms with Crippen LogP contribution in [0.3, 0.4) is 0 Å². The lowest BCUT2D eigenvalue weighted by molar-refractivity contribution is -0.137. The first kappa shape index (κ1) is 18.3. The van der Waals surface area contributed by atoms with Gasteiger partial charge in [-0.2, -0.15) is 0 Å². The molecule has 1 aromatic rings. The van der Waals surface area contributed by atoms with Gasteiger partial charge in [-0.05, 0) is 31.5 Å². The van der Waals surface area contributed by atoms with Crippen molar-refractivity contribution in [2.45, 2.75) is 38.8 Å². The zero-order chi connectivity index (χ0) is 17.4. The molecule has 0 bridgehead atoms. The second-order valence-electron chi connectivity index (χ2n) is 6.05. The van der Waals surface area contributed by atoms with E-state index < -0.39 is 12.1 Å². The molecule has 132 valence electrons. The van der Waals surface area contributed by atoms with Gasteiger partial charge in [0, 0.05) is 19.1 Å². The molecular weight excluding hydrogens is 308 g/mol. The van der Waals surface area contributed by atoms with Crippen molar-refractivity contribution in [1.29, 1.82) is 0 Å². The number of carboxylic acids is 1. The van der Waals surface area contributed by atoms with Gasteiger partial charge >= 0.3 is 12.1 Å². The lowest BCUT2D eigenvalue weighted by Crippen LogP contribution is -2.44. The normalized spacial score (nSPS) is 17.6. The smallest absolute Gasteiger partial charge is 0.410 e. The highest BCUT2D eigenvalue weighted by Gasteiger charge is 2.28. The maximum Gasteiger partial charge on any atom is 0.410 e. The van der Waals surface area contributed by atoms with E-state index in [1.165, 1.54) is 4.90 Å². The Hall–Kier alpha value is -2.08. The van der Waals surface area contributed by atoms with Crippen LogP contribution in [0, 0.1) is 0 Å². The van der Waals surface area contributed by atoms with Gasteiger partial charge < -0.3 is 14.7 Å². The molecule has 1 heterocycles. The third-order valence-corrected chi connectivity index (χ3v) is 4.40. The van der Waals surface area contributed by atoms with Crippen LogP contribution in [-0.2, 0) is 16.1 Å². The molecule has 6 heteroatoms. The first-order valence-electron chi connectivity index (χ1n) is 8.51. The maximum atomic E-state index is 12.4. The molecule has 0 spiro atoms. The molecule has 1 aromatic carbocycles. The van der Waals surface area contributed by atoms with Crippen LogP contribution in [0.4, 0.5) is 4.79 Å². The summed E-state index contributed by atoms with van der Waals surface area (Å²) < 4.78 is 5.38.